The molecule has 0 spiro atoms. The minimum atomic E-state index is 0.763. The monoisotopic (exact) mass is 229 g/mol. The van der Waals surface area contributed by atoms with Gasteiger partial charge in [0.05, 0.1) is 0 Å². The molecule has 2 aliphatic rings. The summed E-state index contributed by atoms with van der Waals surface area (Å²) < 4.78 is 0. The molecule has 92 valence electrons. The second kappa shape index (κ2) is 5.22. The van der Waals surface area contributed by atoms with Gasteiger partial charge in [0.25, 0.3) is 0 Å². The van der Waals surface area contributed by atoms with Crippen molar-refractivity contribution in [1.82, 2.24) is 5.32 Å². The standard InChI is InChI=1S/C16H23N/c1-3-7-13(8-4-1)12-17-16-11-15(16)14-9-5-2-6-10-14/h2,5-6,9-10,13,15-17H,1,3-4,7-8,11-12H2. The highest BCUT2D eigenvalue weighted by molar-refractivity contribution is 5.27. The van der Waals surface area contributed by atoms with E-state index in [1.54, 1.807) is 0 Å². The molecule has 1 aromatic rings. The maximum Gasteiger partial charge on any atom is 0.0143 e. The molecular weight excluding hydrogens is 206 g/mol. The van der Waals surface area contributed by atoms with E-state index in [2.05, 4.69) is 35.6 Å². The second-order valence-electron chi connectivity index (χ2n) is 5.77. The topological polar surface area (TPSA) is 12.0 Å². The molecule has 2 unspecified atom stereocenters. The second-order valence-corrected chi connectivity index (χ2v) is 5.77. The number of nitrogens with one attached hydrogen (secondary N) is 1. The van der Waals surface area contributed by atoms with E-state index in [-0.39, 0.29) is 0 Å². The Hall–Kier alpha value is -0.820. The van der Waals surface area contributed by atoms with Gasteiger partial charge in [-0.3, -0.25) is 0 Å². The zero-order valence-electron chi connectivity index (χ0n) is 10.6. The SMILES string of the molecule is c1ccc(C2CC2NCC2CCCCC2)cc1. The van der Waals surface area contributed by atoms with E-state index in [9.17, 15) is 0 Å². The quantitative estimate of drug-likeness (QED) is 0.830. The molecule has 2 aliphatic carbocycles. The van der Waals surface area contributed by atoms with Crippen molar-refractivity contribution >= 4 is 0 Å². The molecule has 0 aromatic heterocycles. The molecule has 0 heterocycles. The maximum absolute atomic E-state index is 3.77. The van der Waals surface area contributed by atoms with Crippen molar-refractivity contribution in [2.45, 2.75) is 50.5 Å². The van der Waals surface area contributed by atoms with Gasteiger partial charge in [-0.15, -0.1) is 0 Å². The molecule has 1 nitrogen and oxygen atoms in total. The van der Waals surface area contributed by atoms with Gasteiger partial charge in [-0.2, -0.15) is 0 Å². The van der Waals surface area contributed by atoms with Crippen LogP contribution in [0.1, 0.15) is 50.0 Å². The van der Waals surface area contributed by atoms with E-state index >= 15 is 0 Å². The van der Waals surface area contributed by atoms with Crippen molar-refractivity contribution in [1.29, 1.82) is 0 Å². The Morgan fingerprint density at radius 3 is 2.53 bits per heavy atom. The van der Waals surface area contributed by atoms with Crippen LogP contribution in [0.4, 0.5) is 0 Å². The molecule has 0 radical (unpaired) electrons. The number of benzene rings is 1. The summed E-state index contributed by atoms with van der Waals surface area (Å²) >= 11 is 0. The first-order valence-electron chi connectivity index (χ1n) is 7.22. The summed E-state index contributed by atoms with van der Waals surface area (Å²) in [6.07, 6.45) is 8.63. The van der Waals surface area contributed by atoms with Crippen molar-refractivity contribution in [2.24, 2.45) is 5.92 Å². The van der Waals surface area contributed by atoms with Crippen molar-refractivity contribution in [2.75, 3.05) is 6.54 Å². The highest BCUT2D eigenvalue weighted by Crippen LogP contribution is 2.40. The lowest BCUT2D eigenvalue weighted by molar-refractivity contribution is 0.341. The molecule has 2 fully saturated rings. The average molecular weight is 229 g/mol. The largest absolute Gasteiger partial charge is 0.313 e. The minimum absolute atomic E-state index is 0.763. The maximum atomic E-state index is 3.77. The average Bonchev–Trinajstić information content (AvgIpc) is 3.18. The van der Waals surface area contributed by atoms with Gasteiger partial charge in [0.15, 0.2) is 0 Å². The van der Waals surface area contributed by atoms with Gasteiger partial charge in [0.2, 0.25) is 0 Å². The number of rotatable bonds is 4. The summed E-state index contributed by atoms with van der Waals surface area (Å²) in [6, 6.07) is 11.7. The molecule has 3 rings (SSSR count). The number of hydrogen-bond donors (Lipinski definition) is 1. The fourth-order valence-electron chi connectivity index (χ4n) is 3.20. The molecule has 17 heavy (non-hydrogen) atoms. The zero-order chi connectivity index (χ0) is 11.5. The van der Waals surface area contributed by atoms with Crippen LogP contribution in [0.3, 0.4) is 0 Å². The van der Waals surface area contributed by atoms with E-state index < -0.39 is 0 Å². The third-order valence-corrected chi connectivity index (χ3v) is 4.41. The van der Waals surface area contributed by atoms with Gasteiger partial charge in [0, 0.05) is 12.0 Å². The molecule has 2 atom stereocenters. The van der Waals surface area contributed by atoms with E-state index in [1.165, 1.54) is 50.6 Å². The highest BCUT2D eigenvalue weighted by Gasteiger charge is 2.37. The Balaban J connectivity index is 1.43. The third-order valence-electron chi connectivity index (χ3n) is 4.41. The van der Waals surface area contributed by atoms with Crippen LogP contribution in [0.25, 0.3) is 0 Å². The molecule has 0 bridgehead atoms. The Morgan fingerprint density at radius 1 is 1.00 bits per heavy atom. The first-order chi connectivity index (χ1) is 8.43. The van der Waals surface area contributed by atoms with Crippen LogP contribution in [0, 0.1) is 5.92 Å². The molecule has 0 saturated heterocycles. The summed E-state index contributed by atoms with van der Waals surface area (Å²) in [4.78, 5) is 0. The van der Waals surface area contributed by atoms with E-state index in [0.717, 1.165) is 17.9 Å². The van der Waals surface area contributed by atoms with E-state index in [1.807, 2.05) is 0 Å². The molecule has 0 aliphatic heterocycles. The van der Waals surface area contributed by atoms with Crippen molar-refractivity contribution < 1.29 is 0 Å². The molecule has 0 amide bonds. The van der Waals surface area contributed by atoms with Crippen LogP contribution in [0.5, 0.6) is 0 Å². The molecule has 1 N–H and O–H groups in total. The van der Waals surface area contributed by atoms with Crippen LogP contribution in [-0.2, 0) is 0 Å². The Kier molecular flexibility index (Phi) is 3.46. The smallest absolute Gasteiger partial charge is 0.0143 e. The lowest BCUT2D eigenvalue weighted by Gasteiger charge is -2.21. The predicted molar refractivity (Wildman–Crippen MR) is 72.2 cm³/mol. The summed E-state index contributed by atoms with van der Waals surface area (Å²) in [6.45, 7) is 1.26. The van der Waals surface area contributed by atoms with Gasteiger partial charge in [0.1, 0.15) is 0 Å². The first-order valence-corrected chi connectivity index (χ1v) is 7.22. The lowest BCUT2D eigenvalue weighted by Crippen LogP contribution is -2.27. The summed E-state index contributed by atoms with van der Waals surface area (Å²) in [5.74, 6) is 1.75. The van der Waals surface area contributed by atoms with Crippen LogP contribution < -0.4 is 5.32 Å². The molecular formula is C16H23N. The van der Waals surface area contributed by atoms with Gasteiger partial charge in [-0.1, -0.05) is 49.6 Å². The van der Waals surface area contributed by atoms with Crippen LogP contribution in [0.2, 0.25) is 0 Å². The highest BCUT2D eigenvalue weighted by atomic mass is 15.0. The van der Waals surface area contributed by atoms with E-state index in [0.29, 0.717) is 0 Å². The van der Waals surface area contributed by atoms with Gasteiger partial charge >= 0.3 is 0 Å². The van der Waals surface area contributed by atoms with Crippen LogP contribution in [-0.4, -0.2) is 12.6 Å². The number of hydrogen-bond acceptors (Lipinski definition) is 1. The molecule has 1 heteroatoms. The minimum Gasteiger partial charge on any atom is -0.313 e. The predicted octanol–water partition coefficient (Wildman–Crippen LogP) is 3.71. The Bertz CT molecular complexity index is 340. The van der Waals surface area contributed by atoms with Crippen molar-refractivity contribution in [3.05, 3.63) is 35.9 Å². The third kappa shape index (κ3) is 2.90. The first kappa shape index (κ1) is 11.3. The molecule has 1 aromatic carbocycles. The summed E-state index contributed by atoms with van der Waals surface area (Å²) in [7, 11) is 0. The Morgan fingerprint density at radius 2 is 1.76 bits per heavy atom. The fraction of sp³-hybridized carbons (Fsp3) is 0.625. The summed E-state index contributed by atoms with van der Waals surface area (Å²) in [5.41, 5.74) is 1.52. The van der Waals surface area contributed by atoms with Crippen molar-refractivity contribution in [3.8, 4) is 0 Å². The Labute approximate surface area is 105 Å². The van der Waals surface area contributed by atoms with Gasteiger partial charge in [-0.25, -0.2) is 0 Å². The van der Waals surface area contributed by atoms with Crippen LogP contribution in [0.15, 0.2) is 30.3 Å². The fourth-order valence-corrected chi connectivity index (χ4v) is 3.20. The summed E-state index contributed by atoms with van der Waals surface area (Å²) in [5, 5.41) is 3.77. The molecule has 2 saturated carbocycles. The van der Waals surface area contributed by atoms with E-state index in [4.69, 9.17) is 0 Å². The lowest BCUT2D eigenvalue weighted by atomic mass is 9.89. The van der Waals surface area contributed by atoms with Gasteiger partial charge in [-0.05, 0) is 37.3 Å². The van der Waals surface area contributed by atoms with Crippen LogP contribution >= 0.6 is 0 Å². The van der Waals surface area contributed by atoms with Gasteiger partial charge < -0.3 is 5.32 Å². The normalized spacial score (nSPS) is 29.2. The van der Waals surface area contributed by atoms with Crippen molar-refractivity contribution in [3.63, 3.8) is 0 Å². The zero-order valence-corrected chi connectivity index (χ0v) is 10.6.